The van der Waals surface area contributed by atoms with Gasteiger partial charge in [-0.05, 0) is 41.7 Å². The molecule has 5 heteroatoms. The van der Waals surface area contributed by atoms with Gasteiger partial charge >= 0.3 is 6.02 Å². The highest BCUT2D eigenvalue weighted by molar-refractivity contribution is 7.94. The van der Waals surface area contributed by atoms with Crippen LogP contribution in [0.3, 0.4) is 0 Å². The first-order valence-electron chi connectivity index (χ1n) is 7.81. The van der Waals surface area contributed by atoms with Crippen molar-refractivity contribution in [2.75, 3.05) is 11.6 Å². The number of amidine groups is 1. The molecular formula is C19H25N2O2S+. The molecule has 2 rings (SSSR count). The van der Waals surface area contributed by atoms with Gasteiger partial charge in [0.05, 0.1) is 12.0 Å². The van der Waals surface area contributed by atoms with E-state index < -0.39 is 0 Å². The van der Waals surface area contributed by atoms with Crippen LogP contribution < -0.4 is 14.5 Å². The summed E-state index contributed by atoms with van der Waals surface area (Å²) in [5.41, 5.74) is 3.97. The van der Waals surface area contributed by atoms with Gasteiger partial charge in [0.2, 0.25) is 0 Å². The molecule has 0 saturated heterocycles. The van der Waals surface area contributed by atoms with Crippen LogP contribution in [-0.2, 0) is 5.41 Å². The molecule has 0 aliphatic heterocycles. The second-order valence-electron chi connectivity index (χ2n) is 6.66. The van der Waals surface area contributed by atoms with Gasteiger partial charge in [-0.1, -0.05) is 39.0 Å². The molecule has 0 fully saturated rings. The van der Waals surface area contributed by atoms with Crippen molar-refractivity contribution in [3.8, 4) is 5.75 Å². The van der Waals surface area contributed by atoms with Crippen molar-refractivity contribution in [2.24, 2.45) is 0 Å². The van der Waals surface area contributed by atoms with E-state index in [1.165, 1.54) is 17.6 Å². The molecule has 0 spiro atoms. The van der Waals surface area contributed by atoms with Gasteiger partial charge in [0.1, 0.15) is 17.1 Å². The maximum absolute atomic E-state index is 10.1. The molecule has 2 aromatic rings. The van der Waals surface area contributed by atoms with E-state index in [1.807, 2.05) is 43.5 Å². The average Bonchev–Trinajstić information content (AvgIpc) is 2.50. The fourth-order valence-corrected chi connectivity index (χ4v) is 2.57. The lowest BCUT2D eigenvalue weighted by Gasteiger charge is -2.18. The van der Waals surface area contributed by atoms with Gasteiger partial charge in [0.15, 0.2) is 0 Å². The highest BCUT2D eigenvalue weighted by Gasteiger charge is 2.14. The first-order valence-corrected chi connectivity index (χ1v) is 8.96. The number of aliphatic hydroxyl groups excluding tert-OH is 1. The summed E-state index contributed by atoms with van der Waals surface area (Å²) >= 11 is 1.29. The number of anilines is 1. The van der Waals surface area contributed by atoms with Gasteiger partial charge < -0.3 is 9.29 Å². The average molecular weight is 345 g/mol. The van der Waals surface area contributed by atoms with Crippen LogP contribution in [0.2, 0.25) is 0 Å². The SMILES string of the molecule is CSOc1cc(NC(O)=[NH+]c2ccc(C(C)(C)C)cc2)ccc1C. The third-order valence-corrected chi connectivity index (χ3v) is 3.98. The Balaban J connectivity index is 2.13. The van der Waals surface area contributed by atoms with Crippen molar-refractivity contribution in [3.05, 3.63) is 53.6 Å². The second-order valence-corrected chi connectivity index (χ2v) is 7.16. The van der Waals surface area contributed by atoms with Crippen LogP contribution in [0.25, 0.3) is 0 Å². The van der Waals surface area contributed by atoms with Crippen molar-refractivity contribution in [1.29, 1.82) is 0 Å². The topological polar surface area (TPSA) is 55.5 Å². The van der Waals surface area contributed by atoms with Gasteiger partial charge in [-0.2, -0.15) is 0 Å². The molecule has 2 aromatic carbocycles. The molecule has 0 atom stereocenters. The van der Waals surface area contributed by atoms with Crippen molar-refractivity contribution >= 4 is 29.4 Å². The number of hydrogen-bond donors (Lipinski definition) is 3. The lowest BCUT2D eigenvalue weighted by atomic mass is 9.87. The molecule has 0 aliphatic rings. The summed E-state index contributed by atoms with van der Waals surface area (Å²) in [6, 6.07) is 13.7. The lowest BCUT2D eigenvalue weighted by Crippen LogP contribution is -2.68. The van der Waals surface area contributed by atoms with Gasteiger partial charge in [-0.3, -0.25) is 0 Å². The zero-order valence-corrected chi connectivity index (χ0v) is 15.6. The van der Waals surface area contributed by atoms with Crippen LogP contribution in [0, 0.1) is 6.92 Å². The predicted molar refractivity (Wildman–Crippen MR) is 102 cm³/mol. The summed E-state index contributed by atoms with van der Waals surface area (Å²) in [5.74, 6) is 0.773. The molecule has 0 radical (unpaired) electrons. The standard InChI is InChI=1S/C19H24N2O2S/c1-13-6-9-16(12-17(13)23-24-5)21-18(22)20-15-10-7-14(8-11-15)19(2,3)4/h6-12H,1-5H3,(H2,20,21,22)/p+1. The number of aliphatic hydroxyl groups is 1. The fraction of sp³-hybridized carbons (Fsp3) is 0.316. The van der Waals surface area contributed by atoms with E-state index in [2.05, 4.69) is 43.2 Å². The molecule has 0 aliphatic carbocycles. The molecule has 3 N–H and O–H groups in total. The van der Waals surface area contributed by atoms with Crippen LogP contribution >= 0.6 is 12.0 Å². The van der Waals surface area contributed by atoms with Crippen LogP contribution in [0.1, 0.15) is 31.9 Å². The number of benzene rings is 2. The monoisotopic (exact) mass is 345 g/mol. The summed E-state index contributed by atoms with van der Waals surface area (Å²) < 4.78 is 5.49. The van der Waals surface area contributed by atoms with Crippen LogP contribution in [0.15, 0.2) is 42.5 Å². The molecule has 0 saturated carbocycles. The molecule has 0 bridgehead atoms. The minimum absolute atomic E-state index is 0.0301. The number of aryl methyl sites for hydroxylation is 1. The Morgan fingerprint density at radius 3 is 2.38 bits per heavy atom. The maximum Gasteiger partial charge on any atom is 0.449 e. The van der Waals surface area contributed by atoms with Gasteiger partial charge in [0.25, 0.3) is 0 Å². The van der Waals surface area contributed by atoms with E-state index >= 15 is 0 Å². The summed E-state index contributed by atoms with van der Waals surface area (Å²) in [4.78, 5) is 2.95. The number of rotatable bonds is 4. The van der Waals surface area contributed by atoms with E-state index in [0.717, 1.165) is 22.7 Å². The van der Waals surface area contributed by atoms with E-state index in [0.29, 0.717) is 0 Å². The van der Waals surface area contributed by atoms with Gasteiger partial charge in [-0.25, -0.2) is 10.3 Å². The summed E-state index contributed by atoms with van der Waals surface area (Å²) in [5, 5.41) is 13.1. The largest absolute Gasteiger partial charge is 0.449 e. The molecule has 0 amide bonds. The Bertz CT molecular complexity index is 719. The minimum atomic E-state index is -0.0301. The minimum Gasteiger partial charge on any atom is -0.447 e. The highest BCUT2D eigenvalue weighted by Crippen LogP contribution is 2.25. The highest BCUT2D eigenvalue weighted by atomic mass is 32.2. The fourth-order valence-electron chi connectivity index (χ4n) is 2.22. The molecule has 0 aromatic heterocycles. The Morgan fingerprint density at radius 1 is 1.12 bits per heavy atom. The maximum atomic E-state index is 10.1. The van der Waals surface area contributed by atoms with E-state index in [-0.39, 0.29) is 11.4 Å². The third kappa shape index (κ3) is 4.93. The summed E-state index contributed by atoms with van der Waals surface area (Å²) in [6.07, 6.45) is 1.87. The Labute approximate surface area is 148 Å². The number of nitrogens with one attached hydrogen (secondary N) is 2. The molecular weight excluding hydrogens is 320 g/mol. The first kappa shape index (κ1) is 18.2. The van der Waals surface area contributed by atoms with Crippen molar-refractivity contribution in [2.45, 2.75) is 33.1 Å². The van der Waals surface area contributed by atoms with Crippen molar-refractivity contribution < 1.29 is 14.3 Å². The third-order valence-electron chi connectivity index (χ3n) is 3.64. The number of hydrogen-bond acceptors (Lipinski definition) is 2. The van der Waals surface area contributed by atoms with E-state index in [1.54, 1.807) is 0 Å². The van der Waals surface area contributed by atoms with Crippen LogP contribution in [0.4, 0.5) is 11.4 Å². The molecule has 4 nitrogen and oxygen atoms in total. The second kappa shape index (κ2) is 7.62. The Morgan fingerprint density at radius 2 is 1.79 bits per heavy atom. The molecule has 24 heavy (non-hydrogen) atoms. The van der Waals surface area contributed by atoms with Gasteiger partial charge in [0, 0.05) is 12.3 Å². The molecule has 0 unspecified atom stereocenters. The quantitative estimate of drug-likeness (QED) is 0.449. The van der Waals surface area contributed by atoms with Crippen molar-refractivity contribution in [3.63, 3.8) is 0 Å². The summed E-state index contributed by atoms with van der Waals surface area (Å²) in [6.45, 7) is 8.50. The Kier molecular flexibility index (Phi) is 5.78. The van der Waals surface area contributed by atoms with Crippen LogP contribution in [-0.4, -0.2) is 17.4 Å². The van der Waals surface area contributed by atoms with Crippen LogP contribution in [0.5, 0.6) is 5.75 Å². The van der Waals surface area contributed by atoms with Crippen molar-refractivity contribution in [1.82, 2.24) is 0 Å². The zero-order chi connectivity index (χ0) is 17.7. The van der Waals surface area contributed by atoms with E-state index in [9.17, 15) is 5.11 Å². The normalized spacial score (nSPS) is 12.1. The predicted octanol–water partition coefficient (Wildman–Crippen LogP) is 3.69. The Hall–Kier alpha value is -2.14. The van der Waals surface area contributed by atoms with E-state index in [4.69, 9.17) is 4.18 Å². The molecule has 0 heterocycles. The lowest BCUT2D eigenvalue weighted by molar-refractivity contribution is -0.365. The van der Waals surface area contributed by atoms with Gasteiger partial charge in [-0.15, -0.1) is 0 Å². The first-order chi connectivity index (χ1) is 11.3. The smallest absolute Gasteiger partial charge is 0.447 e. The summed E-state index contributed by atoms with van der Waals surface area (Å²) in [7, 11) is 0. The molecule has 128 valence electrons. The zero-order valence-electron chi connectivity index (χ0n) is 14.8.